The van der Waals surface area contributed by atoms with Gasteiger partial charge in [0, 0.05) is 36.3 Å². The molecule has 12 heteroatoms. The van der Waals surface area contributed by atoms with E-state index in [0.717, 1.165) is 19.4 Å². The quantitative estimate of drug-likeness (QED) is 0.397. The summed E-state index contributed by atoms with van der Waals surface area (Å²) < 4.78 is 33.7. The van der Waals surface area contributed by atoms with Crippen molar-refractivity contribution in [2.24, 2.45) is 5.92 Å². The topological polar surface area (TPSA) is 134 Å². The van der Waals surface area contributed by atoms with E-state index < -0.39 is 27.9 Å². The molecule has 10 nitrogen and oxygen atoms in total. The Bertz CT molecular complexity index is 1440. The average molecular weight is 572 g/mol. The van der Waals surface area contributed by atoms with Gasteiger partial charge >= 0.3 is 0 Å². The number of aryl methyl sites for hydroxylation is 1. The van der Waals surface area contributed by atoms with E-state index in [9.17, 15) is 18.0 Å². The molecule has 2 aliphatic heterocycles. The van der Waals surface area contributed by atoms with Crippen molar-refractivity contribution in [1.29, 1.82) is 0 Å². The molecule has 0 spiro atoms. The fourth-order valence-electron chi connectivity index (χ4n) is 4.96. The maximum atomic E-state index is 13.4. The second-order valence-electron chi connectivity index (χ2n) is 9.80. The smallest absolute Gasteiger partial charge is 0.273 e. The van der Waals surface area contributed by atoms with Crippen LogP contribution >= 0.6 is 11.6 Å². The highest BCUT2D eigenvalue weighted by atomic mass is 35.5. The number of carbonyl (C=O) groups excluding carboxylic acids is 2. The first kappa shape index (κ1) is 27.3. The van der Waals surface area contributed by atoms with Crippen LogP contribution in [0.2, 0.25) is 5.02 Å². The molecule has 1 aromatic heterocycles. The molecular weight excluding hydrogens is 542 g/mol. The minimum Gasteiger partial charge on any atom is -0.441 e. The van der Waals surface area contributed by atoms with Gasteiger partial charge in [-0.3, -0.25) is 9.59 Å². The van der Waals surface area contributed by atoms with Crippen molar-refractivity contribution in [2.75, 3.05) is 26.2 Å². The van der Waals surface area contributed by atoms with E-state index >= 15 is 0 Å². The molecule has 0 saturated carbocycles. The van der Waals surface area contributed by atoms with Gasteiger partial charge in [0.2, 0.25) is 21.8 Å². The molecule has 0 radical (unpaired) electrons. The third kappa shape index (κ3) is 6.01. The largest absolute Gasteiger partial charge is 0.441 e. The number of nitrogens with zero attached hydrogens (tertiary/aromatic N) is 2. The highest BCUT2D eigenvalue weighted by Gasteiger charge is 2.44. The van der Waals surface area contributed by atoms with Crippen LogP contribution in [0.4, 0.5) is 0 Å². The summed E-state index contributed by atoms with van der Waals surface area (Å²) in [6.07, 6.45) is 1.77. The Balaban J connectivity index is 1.37. The van der Waals surface area contributed by atoms with Crippen molar-refractivity contribution in [1.82, 2.24) is 25.2 Å². The van der Waals surface area contributed by atoms with Gasteiger partial charge in [0.25, 0.3) is 5.91 Å². The summed E-state index contributed by atoms with van der Waals surface area (Å²) in [5.41, 5.74) is 0.723. The fourth-order valence-corrected chi connectivity index (χ4v) is 6.60. The lowest BCUT2D eigenvalue weighted by Crippen LogP contribution is -2.51. The zero-order chi connectivity index (χ0) is 27.6. The molecule has 5 rings (SSSR count). The number of rotatable bonds is 7. The first-order chi connectivity index (χ1) is 18.7. The fraction of sp³-hybridized carbons (Fsp3) is 0.370. The van der Waals surface area contributed by atoms with E-state index in [1.54, 1.807) is 49.4 Å². The lowest BCUT2D eigenvalue weighted by Gasteiger charge is -2.26. The van der Waals surface area contributed by atoms with Crippen molar-refractivity contribution < 1.29 is 22.4 Å². The van der Waals surface area contributed by atoms with Crippen LogP contribution in [0.3, 0.4) is 0 Å². The second-order valence-corrected chi connectivity index (χ2v) is 12.2. The highest BCUT2D eigenvalue weighted by Crippen LogP contribution is 2.27. The molecular formula is C27H30ClN5O5S. The van der Waals surface area contributed by atoms with E-state index in [2.05, 4.69) is 20.9 Å². The highest BCUT2D eigenvalue weighted by molar-refractivity contribution is 7.89. The van der Waals surface area contributed by atoms with Crippen molar-refractivity contribution >= 4 is 33.4 Å². The Morgan fingerprint density at radius 2 is 1.82 bits per heavy atom. The van der Waals surface area contributed by atoms with Gasteiger partial charge in [-0.05, 0) is 62.7 Å². The van der Waals surface area contributed by atoms with Gasteiger partial charge in [0.15, 0.2) is 5.69 Å². The SMILES string of the molecule is Cc1oc(-c2ccc(Cl)cc2)nc1C(=O)N[C@H]1CN(S(=O)(=O)c2ccccc2)C[C@@H]1C(=O)N[C@H]1CCCNC1. The van der Waals surface area contributed by atoms with Crippen LogP contribution in [0.5, 0.6) is 0 Å². The number of aromatic nitrogens is 1. The minimum absolute atomic E-state index is 0.0507. The number of benzene rings is 2. The first-order valence-electron chi connectivity index (χ1n) is 12.8. The van der Waals surface area contributed by atoms with E-state index in [1.807, 2.05) is 0 Å². The number of hydrogen-bond donors (Lipinski definition) is 3. The molecule has 2 saturated heterocycles. The van der Waals surface area contributed by atoms with Crippen molar-refractivity contribution in [3.63, 3.8) is 0 Å². The van der Waals surface area contributed by atoms with Gasteiger partial charge in [0.1, 0.15) is 5.76 Å². The van der Waals surface area contributed by atoms with Gasteiger partial charge in [0.05, 0.1) is 16.9 Å². The number of sulfonamides is 1. The Morgan fingerprint density at radius 1 is 1.08 bits per heavy atom. The summed E-state index contributed by atoms with van der Waals surface area (Å²) in [4.78, 5) is 31.2. The number of halogens is 1. The molecule has 2 fully saturated rings. The Hall–Kier alpha value is -3.25. The molecule has 2 aliphatic rings. The lowest BCUT2D eigenvalue weighted by molar-refractivity contribution is -0.125. The summed E-state index contributed by atoms with van der Waals surface area (Å²) >= 11 is 5.97. The molecule has 0 bridgehead atoms. The molecule has 0 unspecified atom stereocenters. The zero-order valence-corrected chi connectivity index (χ0v) is 23.0. The normalized spacial score (nSPS) is 21.9. The number of piperidine rings is 1. The number of amides is 2. The molecule has 2 amide bonds. The van der Waals surface area contributed by atoms with Crippen LogP contribution in [0, 0.1) is 12.8 Å². The Labute approximate surface area is 232 Å². The summed E-state index contributed by atoms with van der Waals surface area (Å²) in [6.45, 7) is 3.06. The van der Waals surface area contributed by atoms with E-state index in [1.165, 1.54) is 16.4 Å². The van der Waals surface area contributed by atoms with E-state index in [4.69, 9.17) is 16.0 Å². The number of oxazole rings is 1. The standard InChI is InChI=1S/C27H30ClN5O5S/c1-17-24(32-27(38-17)18-9-11-19(28)12-10-18)26(35)31-23-16-33(39(36,37)21-7-3-2-4-8-21)15-22(23)25(34)30-20-6-5-13-29-14-20/h2-4,7-12,20,22-23,29H,5-6,13-16H2,1H3,(H,30,34)(H,31,35)/t20-,22-,23-/m0/s1. The van der Waals surface area contributed by atoms with Gasteiger partial charge in [-0.2, -0.15) is 4.31 Å². The molecule has 2 aromatic carbocycles. The third-order valence-corrected chi connectivity index (χ3v) is 9.16. The van der Waals surface area contributed by atoms with Crippen LogP contribution in [0.15, 0.2) is 63.9 Å². The molecule has 3 heterocycles. The third-order valence-electron chi connectivity index (χ3n) is 7.07. The van der Waals surface area contributed by atoms with Gasteiger partial charge in [-0.15, -0.1) is 0 Å². The van der Waals surface area contributed by atoms with Crippen LogP contribution in [-0.2, 0) is 14.8 Å². The number of nitrogens with one attached hydrogen (secondary N) is 3. The maximum Gasteiger partial charge on any atom is 0.273 e. The van der Waals surface area contributed by atoms with Gasteiger partial charge in [-0.1, -0.05) is 29.8 Å². The molecule has 3 atom stereocenters. The summed E-state index contributed by atoms with van der Waals surface area (Å²) in [6, 6.07) is 14.1. The van der Waals surface area contributed by atoms with Crippen LogP contribution in [0.25, 0.3) is 11.5 Å². The second kappa shape index (κ2) is 11.5. The Morgan fingerprint density at radius 3 is 2.51 bits per heavy atom. The molecule has 3 aromatic rings. The van der Waals surface area contributed by atoms with Crippen LogP contribution < -0.4 is 16.0 Å². The van der Waals surface area contributed by atoms with Gasteiger partial charge < -0.3 is 20.4 Å². The van der Waals surface area contributed by atoms with Gasteiger partial charge in [-0.25, -0.2) is 13.4 Å². The molecule has 206 valence electrons. The number of hydrogen-bond acceptors (Lipinski definition) is 7. The van der Waals surface area contributed by atoms with Crippen molar-refractivity contribution in [3.05, 3.63) is 71.1 Å². The van der Waals surface area contributed by atoms with Crippen LogP contribution in [-0.4, -0.2) is 67.8 Å². The monoisotopic (exact) mass is 571 g/mol. The molecule has 0 aliphatic carbocycles. The molecule has 3 N–H and O–H groups in total. The lowest BCUT2D eigenvalue weighted by atomic mass is 10.0. The number of carbonyl (C=O) groups is 2. The zero-order valence-electron chi connectivity index (χ0n) is 21.4. The van der Waals surface area contributed by atoms with E-state index in [-0.39, 0.29) is 41.5 Å². The average Bonchev–Trinajstić information content (AvgIpc) is 3.54. The van der Waals surface area contributed by atoms with E-state index in [0.29, 0.717) is 22.9 Å². The summed E-state index contributed by atoms with van der Waals surface area (Å²) in [5.74, 6) is -1.06. The summed E-state index contributed by atoms with van der Waals surface area (Å²) in [7, 11) is -3.87. The maximum absolute atomic E-state index is 13.4. The van der Waals surface area contributed by atoms with Crippen LogP contribution in [0.1, 0.15) is 29.1 Å². The molecule has 39 heavy (non-hydrogen) atoms. The van der Waals surface area contributed by atoms with Crippen molar-refractivity contribution in [3.8, 4) is 11.5 Å². The first-order valence-corrected chi connectivity index (χ1v) is 14.6. The Kier molecular flexibility index (Phi) is 8.03. The summed E-state index contributed by atoms with van der Waals surface area (Å²) in [5, 5.41) is 9.72. The minimum atomic E-state index is -3.87. The predicted octanol–water partition coefficient (Wildman–Crippen LogP) is 2.59. The predicted molar refractivity (Wildman–Crippen MR) is 146 cm³/mol. The van der Waals surface area contributed by atoms with Crippen molar-refractivity contribution in [2.45, 2.75) is 36.7 Å².